The van der Waals surface area contributed by atoms with Crippen LogP contribution in [0.25, 0.3) is 10.8 Å². The number of carbonyl (C=O) groups is 2. The van der Waals surface area contributed by atoms with Gasteiger partial charge in [0.1, 0.15) is 11.5 Å². The van der Waals surface area contributed by atoms with Crippen molar-refractivity contribution in [2.45, 2.75) is 0 Å². The van der Waals surface area contributed by atoms with Gasteiger partial charge in [-0.2, -0.15) is 0 Å². The molecule has 0 atom stereocenters. The second kappa shape index (κ2) is 11.5. The molecular formula is C21H16Br2ClN3O4S. The summed E-state index contributed by atoms with van der Waals surface area (Å²) in [6.07, 6.45) is 0. The van der Waals surface area contributed by atoms with E-state index < -0.39 is 11.8 Å². The Bertz CT molecular complexity index is 1160. The maximum Gasteiger partial charge on any atom is 0.276 e. The van der Waals surface area contributed by atoms with Gasteiger partial charge >= 0.3 is 0 Å². The first kappa shape index (κ1) is 24.2. The average Bonchev–Trinajstić information content (AvgIpc) is 2.77. The molecule has 0 aliphatic rings. The highest BCUT2D eigenvalue weighted by Gasteiger charge is 2.10. The fourth-order valence-electron chi connectivity index (χ4n) is 2.53. The van der Waals surface area contributed by atoms with Crippen molar-refractivity contribution in [3.05, 3.63) is 68.6 Å². The highest BCUT2D eigenvalue weighted by Crippen LogP contribution is 2.34. The van der Waals surface area contributed by atoms with Gasteiger partial charge in [0.2, 0.25) is 0 Å². The number of nitrogens with one attached hydrogen (secondary N) is 3. The van der Waals surface area contributed by atoms with Crippen LogP contribution in [-0.2, 0) is 9.59 Å². The molecule has 0 aliphatic heterocycles. The number of thiocarbonyl (C=S) groups is 1. The van der Waals surface area contributed by atoms with Crippen LogP contribution in [0.4, 0.5) is 0 Å². The first-order valence-electron chi connectivity index (χ1n) is 9.09. The molecule has 0 aromatic heterocycles. The number of hydrogen-bond donors (Lipinski definition) is 3. The van der Waals surface area contributed by atoms with Crippen molar-refractivity contribution in [3.8, 4) is 11.5 Å². The highest BCUT2D eigenvalue weighted by atomic mass is 79.9. The number of ether oxygens (including phenoxy) is 2. The van der Waals surface area contributed by atoms with E-state index >= 15 is 0 Å². The molecule has 0 heterocycles. The number of carbonyl (C=O) groups excluding carboxylic acids is 2. The van der Waals surface area contributed by atoms with Crippen LogP contribution in [0.15, 0.2) is 63.5 Å². The third-order valence-corrected chi connectivity index (χ3v) is 5.76. The van der Waals surface area contributed by atoms with Crippen molar-refractivity contribution in [2.24, 2.45) is 0 Å². The third kappa shape index (κ3) is 7.06. The van der Waals surface area contributed by atoms with Crippen LogP contribution in [0.1, 0.15) is 0 Å². The molecule has 7 nitrogen and oxygen atoms in total. The Morgan fingerprint density at radius 3 is 2.38 bits per heavy atom. The smallest absolute Gasteiger partial charge is 0.276 e. The Kier molecular flexibility index (Phi) is 8.68. The highest BCUT2D eigenvalue weighted by molar-refractivity contribution is 9.11. The monoisotopic (exact) mass is 599 g/mol. The van der Waals surface area contributed by atoms with Gasteiger partial charge in [-0.1, -0.05) is 39.7 Å². The maximum atomic E-state index is 12.0. The van der Waals surface area contributed by atoms with Gasteiger partial charge < -0.3 is 9.47 Å². The van der Waals surface area contributed by atoms with Crippen molar-refractivity contribution in [1.82, 2.24) is 16.2 Å². The lowest BCUT2D eigenvalue weighted by atomic mass is 10.1. The van der Waals surface area contributed by atoms with Crippen molar-refractivity contribution >= 4 is 83.4 Å². The Balaban J connectivity index is 1.40. The van der Waals surface area contributed by atoms with E-state index in [1.807, 2.05) is 24.3 Å². The van der Waals surface area contributed by atoms with E-state index in [-0.39, 0.29) is 18.3 Å². The maximum absolute atomic E-state index is 12.0. The molecule has 2 amide bonds. The number of benzene rings is 3. The molecule has 3 aromatic rings. The molecule has 166 valence electrons. The molecule has 3 N–H and O–H groups in total. The number of hydrogen-bond acceptors (Lipinski definition) is 5. The minimum absolute atomic E-state index is 0.0829. The molecule has 0 fully saturated rings. The van der Waals surface area contributed by atoms with Crippen LogP contribution in [0.3, 0.4) is 0 Å². The Morgan fingerprint density at radius 2 is 1.62 bits per heavy atom. The summed E-state index contributed by atoms with van der Waals surface area (Å²) in [5, 5.41) is 4.84. The van der Waals surface area contributed by atoms with Gasteiger partial charge in [0.15, 0.2) is 18.3 Å². The summed E-state index contributed by atoms with van der Waals surface area (Å²) >= 11 is 17.7. The standard InChI is InChI=1S/C21H16Br2ClN3O4S/c22-13-2-7-16-12(9-13)1-8-17(20(16)23)31-11-19(29)26-27-21(32)25-18(28)10-30-15-5-3-14(24)4-6-15/h1-9H,10-11H2,(H,26,29)(H2,25,27,28,32). The SMILES string of the molecule is O=C(COc1ccc2cc(Br)ccc2c1Br)NNC(=S)NC(=O)COc1ccc(Cl)cc1. The molecule has 0 saturated carbocycles. The number of fused-ring (bicyclic) bond motifs is 1. The summed E-state index contributed by atoms with van der Waals surface area (Å²) in [5.74, 6) is 0.0306. The Morgan fingerprint density at radius 1 is 0.906 bits per heavy atom. The van der Waals surface area contributed by atoms with Crippen molar-refractivity contribution in [3.63, 3.8) is 0 Å². The first-order valence-corrected chi connectivity index (χ1v) is 11.5. The minimum Gasteiger partial charge on any atom is -0.484 e. The zero-order chi connectivity index (χ0) is 23.1. The van der Waals surface area contributed by atoms with E-state index in [1.54, 1.807) is 30.3 Å². The molecule has 0 bridgehead atoms. The van der Waals surface area contributed by atoms with E-state index in [9.17, 15) is 9.59 Å². The molecule has 3 rings (SSSR count). The largest absolute Gasteiger partial charge is 0.484 e. The summed E-state index contributed by atoms with van der Waals surface area (Å²) in [4.78, 5) is 23.9. The summed E-state index contributed by atoms with van der Waals surface area (Å²) < 4.78 is 12.6. The summed E-state index contributed by atoms with van der Waals surface area (Å²) in [6.45, 7) is -0.517. The molecule has 32 heavy (non-hydrogen) atoms. The zero-order valence-corrected chi connectivity index (χ0v) is 21.0. The predicted molar refractivity (Wildman–Crippen MR) is 134 cm³/mol. The second-order valence-electron chi connectivity index (χ2n) is 6.32. The minimum atomic E-state index is -0.491. The number of hydrazine groups is 1. The van der Waals surface area contributed by atoms with Crippen molar-refractivity contribution < 1.29 is 19.1 Å². The zero-order valence-electron chi connectivity index (χ0n) is 16.3. The van der Waals surface area contributed by atoms with Crippen LogP contribution in [0.2, 0.25) is 5.02 Å². The lowest BCUT2D eigenvalue weighted by Crippen LogP contribution is -2.50. The van der Waals surface area contributed by atoms with Gasteiger partial charge in [0.25, 0.3) is 11.8 Å². The summed E-state index contributed by atoms with van der Waals surface area (Å²) in [7, 11) is 0. The van der Waals surface area contributed by atoms with Gasteiger partial charge in [0, 0.05) is 9.50 Å². The van der Waals surface area contributed by atoms with Gasteiger partial charge in [-0.25, -0.2) is 0 Å². The Labute approximate surface area is 211 Å². The normalized spacial score (nSPS) is 10.3. The molecule has 0 aliphatic carbocycles. The first-order chi connectivity index (χ1) is 15.3. The Hall–Kier alpha value is -2.40. The molecule has 11 heteroatoms. The summed E-state index contributed by atoms with van der Waals surface area (Å²) in [5.41, 5.74) is 4.79. The van der Waals surface area contributed by atoms with Gasteiger partial charge in [0.05, 0.1) is 4.47 Å². The lowest BCUT2D eigenvalue weighted by molar-refractivity contribution is -0.124. The fraction of sp³-hybridized carbons (Fsp3) is 0.0952. The summed E-state index contributed by atoms with van der Waals surface area (Å²) in [6, 6.07) is 16.1. The topological polar surface area (TPSA) is 88.7 Å². The molecule has 0 spiro atoms. The van der Waals surface area contributed by atoms with E-state index in [0.29, 0.717) is 16.5 Å². The number of amides is 2. The number of rotatable bonds is 6. The molecule has 0 radical (unpaired) electrons. The van der Waals surface area contributed by atoms with E-state index in [4.69, 9.17) is 33.3 Å². The fourth-order valence-corrected chi connectivity index (χ4v) is 3.81. The average molecular weight is 602 g/mol. The predicted octanol–water partition coefficient (Wildman–Crippen LogP) is 4.50. The number of halogens is 3. The van der Waals surface area contributed by atoms with E-state index in [2.05, 4.69) is 48.0 Å². The molecular weight excluding hydrogens is 586 g/mol. The van der Waals surface area contributed by atoms with Gasteiger partial charge in [-0.15, -0.1) is 0 Å². The quantitative estimate of drug-likeness (QED) is 0.285. The molecule has 3 aromatic carbocycles. The van der Waals surface area contributed by atoms with Crippen molar-refractivity contribution in [1.29, 1.82) is 0 Å². The lowest BCUT2D eigenvalue weighted by Gasteiger charge is -2.13. The van der Waals surface area contributed by atoms with Crippen molar-refractivity contribution in [2.75, 3.05) is 13.2 Å². The van der Waals surface area contributed by atoms with E-state index in [0.717, 1.165) is 19.7 Å². The van der Waals surface area contributed by atoms with Crippen LogP contribution in [-0.4, -0.2) is 30.1 Å². The molecule has 0 saturated heterocycles. The van der Waals surface area contributed by atoms with Crippen LogP contribution < -0.4 is 25.6 Å². The third-order valence-electron chi connectivity index (χ3n) is 3.99. The van der Waals surface area contributed by atoms with Gasteiger partial charge in [-0.05, 0) is 81.4 Å². The molecule has 0 unspecified atom stereocenters. The van der Waals surface area contributed by atoms with Crippen LogP contribution in [0, 0.1) is 0 Å². The van der Waals surface area contributed by atoms with E-state index in [1.165, 1.54) is 0 Å². The van der Waals surface area contributed by atoms with Crippen LogP contribution in [0.5, 0.6) is 11.5 Å². The second-order valence-corrected chi connectivity index (χ2v) is 8.88. The van der Waals surface area contributed by atoms with Gasteiger partial charge in [-0.3, -0.25) is 25.8 Å². The van der Waals surface area contributed by atoms with Crippen LogP contribution >= 0.6 is 55.7 Å².